The molecule has 0 aromatic carbocycles. The molecule has 0 aromatic rings. The minimum absolute atomic E-state index is 0.0272. The van der Waals surface area contributed by atoms with Crippen LogP contribution in [0.4, 0.5) is 0 Å². The van der Waals surface area contributed by atoms with Gasteiger partial charge in [-0.1, -0.05) is 108 Å². The first kappa shape index (κ1) is 13.2. The van der Waals surface area contributed by atoms with Crippen LogP contribution in [-0.2, 0) is 0 Å². The smallest absolute Gasteiger partial charge is 0.0738 e. The topological polar surface area (TPSA) is 0 Å². The van der Waals surface area contributed by atoms with E-state index in [0.717, 1.165) is 0 Å². The monoisotopic (exact) mass is 542 g/mol. The van der Waals surface area contributed by atoms with Crippen molar-refractivity contribution in [3.05, 3.63) is 0 Å². The molecular formula is C3HBr6S. The van der Waals surface area contributed by atoms with Crippen molar-refractivity contribution in [1.82, 2.24) is 0 Å². The first-order valence-electron chi connectivity index (χ1n) is 1.94. The Morgan fingerprint density at radius 2 is 1.30 bits per heavy atom. The van der Waals surface area contributed by atoms with Gasteiger partial charge in [-0.3, -0.25) is 0 Å². The molecule has 0 heterocycles. The molecule has 1 radical (unpaired) electrons. The lowest BCUT2D eigenvalue weighted by molar-refractivity contribution is 1.02. The Hall–Kier alpha value is 3.23. The highest BCUT2D eigenvalue weighted by molar-refractivity contribution is 9.40. The summed E-state index contributed by atoms with van der Waals surface area (Å²) in [6.07, 6.45) is 0. The second kappa shape index (κ2) is 4.64. The zero-order valence-corrected chi connectivity index (χ0v) is 14.6. The summed E-state index contributed by atoms with van der Waals surface area (Å²) in [6.45, 7) is 0. The second-order valence-corrected chi connectivity index (χ2v) is 13.7. The summed E-state index contributed by atoms with van der Waals surface area (Å²) in [6, 6.07) is 0. The van der Waals surface area contributed by atoms with Crippen LogP contribution in [0, 0.1) is 0 Å². The minimum atomic E-state index is -0.583. The zero-order chi connectivity index (χ0) is 8.58. The zero-order valence-electron chi connectivity index (χ0n) is 4.25. The summed E-state index contributed by atoms with van der Waals surface area (Å²) >= 11 is 25.1. The Kier molecular flexibility index (Phi) is 6.14. The van der Waals surface area contributed by atoms with Gasteiger partial charge in [0.25, 0.3) is 0 Å². The first-order valence-corrected chi connectivity index (χ1v) is 7.35. The van der Waals surface area contributed by atoms with E-state index in [4.69, 9.17) is 12.6 Å². The van der Waals surface area contributed by atoms with Crippen LogP contribution in [0.25, 0.3) is 0 Å². The van der Waals surface area contributed by atoms with Crippen LogP contribution in [0.3, 0.4) is 0 Å². The van der Waals surface area contributed by atoms with Crippen LogP contribution < -0.4 is 0 Å². The van der Waals surface area contributed by atoms with Crippen LogP contribution in [0.1, 0.15) is 0 Å². The molecule has 0 spiro atoms. The maximum Gasteiger partial charge on any atom is 0.162 e. The minimum Gasteiger partial charge on any atom is -0.0738 e. The molecule has 1 atom stereocenters. The Bertz CT molecular complexity index is 115. The van der Waals surface area contributed by atoms with Crippen LogP contribution in [0.15, 0.2) is 0 Å². The molecule has 0 aliphatic carbocycles. The third-order valence-electron chi connectivity index (χ3n) is 0.667. The SMILES string of the molecule is [S]C(Br)(C(Br)Br)C(Br)(Br)Br. The number of hydrogen-bond acceptors (Lipinski definition) is 0. The third kappa shape index (κ3) is 3.54. The highest BCUT2D eigenvalue weighted by Crippen LogP contribution is 2.55. The molecule has 0 aromatic heterocycles. The Morgan fingerprint density at radius 1 is 1.00 bits per heavy atom. The van der Waals surface area contributed by atoms with Crippen molar-refractivity contribution in [2.75, 3.05) is 0 Å². The van der Waals surface area contributed by atoms with Gasteiger partial charge < -0.3 is 0 Å². The average molecular weight is 549 g/mol. The van der Waals surface area contributed by atoms with Gasteiger partial charge in [-0.05, 0) is 0 Å². The molecule has 10 heavy (non-hydrogen) atoms. The predicted octanol–water partition coefficient (Wildman–Crippen LogP) is 5.23. The molecule has 0 saturated carbocycles. The maximum atomic E-state index is 5.19. The van der Waals surface area contributed by atoms with E-state index in [9.17, 15) is 0 Å². The molecule has 1 unspecified atom stereocenters. The molecule has 0 amide bonds. The van der Waals surface area contributed by atoms with Gasteiger partial charge in [0.05, 0.1) is 3.74 Å². The molecule has 0 rings (SSSR count). The molecule has 0 saturated heterocycles. The van der Waals surface area contributed by atoms with Crippen molar-refractivity contribution in [2.45, 2.75) is 9.54 Å². The van der Waals surface area contributed by atoms with Gasteiger partial charge in [0.2, 0.25) is 0 Å². The normalized spacial score (nSPS) is 19.2. The van der Waals surface area contributed by atoms with Gasteiger partial charge in [-0.15, -0.1) is 0 Å². The van der Waals surface area contributed by atoms with Gasteiger partial charge in [-0.2, -0.15) is 0 Å². The summed E-state index contributed by atoms with van der Waals surface area (Å²) in [5, 5.41) is 0. The van der Waals surface area contributed by atoms with Gasteiger partial charge in [0, 0.05) is 0 Å². The quantitative estimate of drug-likeness (QED) is 0.394. The van der Waals surface area contributed by atoms with Crippen molar-refractivity contribution < 1.29 is 0 Å². The van der Waals surface area contributed by atoms with E-state index in [0.29, 0.717) is 0 Å². The van der Waals surface area contributed by atoms with E-state index in [1.54, 1.807) is 0 Å². The van der Waals surface area contributed by atoms with Crippen molar-refractivity contribution >= 4 is 108 Å². The fourth-order valence-electron chi connectivity index (χ4n) is 0.124. The third-order valence-corrected chi connectivity index (χ3v) is 9.73. The van der Waals surface area contributed by atoms with E-state index in [-0.39, 0.29) is 3.74 Å². The van der Waals surface area contributed by atoms with Crippen LogP contribution in [0.5, 0.6) is 0 Å². The summed E-state index contributed by atoms with van der Waals surface area (Å²) in [5.41, 5.74) is 0. The average Bonchev–Trinajstić information content (AvgIpc) is 1.62. The summed E-state index contributed by atoms with van der Waals surface area (Å²) in [7, 11) is 0. The summed E-state index contributed by atoms with van der Waals surface area (Å²) in [5.74, 6) is 0. The van der Waals surface area contributed by atoms with E-state index >= 15 is 0 Å². The van der Waals surface area contributed by atoms with Crippen molar-refractivity contribution in [1.29, 1.82) is 0 Å². The highest BCUT2D eigenvalue weighted by Gasteiger charge is 2.47. The lowest BCUT2D eigenvalue weighted by Crippen LogP contribution is -2.34. The molecule has 0 aliphatic rings. The molecule has 0 aliphatic heterocycles. The van der Waals surface area contributed by atoms with E-state index < -0.39 is 5.80 Å². The van der Waals surface area contributed by atoms with E-state index in [1.807, 2.05) is 0 Å². The second-order valence-electron chi connectivity index (χ2n) is 1.44. The van der Waals surface area contributed by atoms with Crippen molar-refractivity contribution in [3.8, 4) is 0 Å². The molecule has 0 bridgehead atoms. The van der Waals surface area contributed by atoms with Crippen molar-refractivity contribution in [2.24, 2.45) is 0 Å². The molecule has 0 nitrogen and oxygen atoms in total. The van der Waals surface area contributed by atoms with Crippen LogP contribution in [-0.4, -0.2) is 9.54 Å². The van der Waals surface area contributed by atoms with Gasteiger partial charge >= 0.3 is 0 Å². The van der Waals surface area contributed by atoms with Gasteiger partial charge in [0.1, 0.15) is 3.66 Å². The van der Waals surface area contributed by atoms with E-state index in [1.165, 1.54) is 0 Å². The maximum absolute atomic E-state index is 5.19. The summed E-state index contributed by atoms with van der Waals surface area (Å²) < 4.78 is -1.12. The Labute approximate surface area is 116 Å². The molecular weight excluding hydrogens is 548 g/mol. The molecule has 0 N–H and O–H groups in total. The number of hydrogen-bond donors (Lipinski definition) is 0. The lowest BCUT2D eigenvalue weighted by Gasteiger charge is -2.30. The number of alkyl halides is 6. The van der Waals surface area contributed by atoms with Crippen LogP contribution >= 0.6 is 108 Å². The predicted molar refractivity (Wildman–Crippen MR) is 70.4 cm³/mol. The first-order chi connectivity index (χ1) is 4.19. The molecule has 61 valence electrons. The fourth-order valence-corrected chi connectivity index (χ4v) is 3.34. The Balaban J connectivity index is 4.40. The standard InChI is InChI=1S/C3HBr6S/c4-1(5)2(6,10)3(7,8)9/h1H. The van der Waals surface area contributed by atoms with Crippen LogP contribution in [0.2, 0.25) is 0 Å². The van der Waals surface area contributed by atoms with Gasteiger partial charge in [-0.25, -0.2) is 0 Å². The molecule has 7 heteroatoms. The molecule has 0 fully saturated rings. The Morgan fingerprint density at radius 3 is 1.30 bits per heavy atom. The summed E-state index contributed by atoms with van der Waals surface area (Å²) in [4.78, 5) is 0. The number of halogens is 6. The largest absolute Gasteiger partial charge is 0.162 e. The lowest BCUT2D eigenvalue weighted by atomic mass is 10.5. The highest BCUT2D eigenvalue weighted by atomic mass is 80.0. The fraction of sp³-hybridized carbons (Fsp3) is 1.00. The number of rotatable bonds is 1. The van der Waals surface area contributed by atoms with Gasteiger partial charge in [0.15, 0.2) is 2.14 Å². The van der Waals surface area contributed by atoms with Crippen molar-refractivity contribution in [3.63, 3.8) is 0 Å². The van der Waals surface area contributed by atoms with E-state index in [2.05, 4.69) is 95.6 Å².